The molecular formula is C14H18ClF3N4O2. The highest BCUT2D eigenvalue weighted by molar-refractivity contribution is 6.20. The number of benzene rings is 1. The second kappa shape index (κ2) is 7.45. The lowest BCUT2D eigenvalue weighted by molar-refractivity contribution is -0.274. The number of amides is 2. The van der Waals surface area contributed by atoms with E-state index in [2.05, 4.69) is 26.0 Å². The molecule has 0 aromatic heterocycles. The Morgan fingerprint density at radius 2 is 2.08 bits per heavy atom. The molecule has 0 spiro atoms. The van der Waals surface area contributed by atoms with Crippen molar-refractivity contribution >= 4 is 23.3 Å². The van der Waals surface area contributed by atoms with Crippen LogP contribution in [0.4, 0.5) is 23.7 Å². The molecule has 24 heavy (non-hydrogen) atoms. The Kier molecular flexibility index (Phi) is 5.79. The molecule has 4 N–H and O–H groups in total. The lowest BCUT2D eigenvalue weighted by atomic mass is 10.2. The standard InChI is InChI=1S/C14H18ClF3N4O2/c1-7-5-9(3-4-10(7)24-14(16,17)18)20-13(23)22-12-19-8(2)6-11(15)21-12/h3-5,8,11-12,19,21H,6H2,1-2H3,(H2,20,22,23). The molecule has 10 heteroatoms. The topological polar surface area (TPSA) is 74.4 Å². The van der Waals surface area contributed by atoms with Gasteiger partial charge in [-0.3, -0.25) is 10.6 Å². The zero-order valence-corrected chi connectivity index (χ0v) is 13.8. The van der Waals surface area contributed by atoms with E-state index in [1.54, 1.807) is 0 Å². The Labute approximate surface area is 142 Å². The molecule has 1 heterocycles. The SMILES string of the molecule is Cc1cc(NC(=O)NC2NC(C)CC(Cl)N2)ccc1OC(F)(F)F. The number of hydrogen-bond acceptors (Lipinski definition) is 4. The third-order valence-corrected chi connectivity index (χ3v) is 3.60. The van der Waals surface area contributed by atoms with Crippen molar-refractivity contribution in [3.63, 3.8) is 0 Å². The van der Waals surface area contributed by atoms with Crippen molar-refractivity contribution < 1.29 is 22.7 Å². The van der Waals surface area contributed by atoms with Gasteiger partial charge in [-0.2, -0.15) is 0 Å². The van der Waals surface area contributed by atoms with Crippen molar-refractivity contribution in [2.24, 2.45) is 0 Å². The van der Waals surface area contributed by atoms with Gasteiger partial charge < -0.3 is 15.4 Å². The van der Waals surface area contributed by atoms with E-state index in [0.29, 0.717) is 12.1 Å². The molecule has 1 fully saturated rings. The Hall–Kier alpha value is -1.71. The monoisotopic (exact) mass is 366 g/mol. The summed E-state index contributed by atoms with van der Waals surface area (Å²) in [5.74, 6) is -0.317. The molecule has 1 saturated heterocycles. The molecule has 1 aromatic carbocycles. The maximum absolute atomic E-state index is 12.2. The van der Waals surface area contributed by atoms with Crippen LogP contribution in [0, 0.1) is 6.92 Å². The quantitative estimate of drug-likeness (QED) is 0.490. The van der Waals surface area contributed by atoms with E-state index in [1.165, 1.54) is 19.1 Å². The van der Waals surface area contributed by atoms with Gasteiger partial charge in [-0.15, -0.1) is 24.8 Å². The van der Waals surface area contributed by atoms with Crippen LogP contribution in [-0.2, 0) is 0 Å². The minimum atomic E-state index is -4.76. The number of carbonyl (C=O) groups is 1. The maximum atomic E-state index is 12.2. The van der Waals surface area contributed by atoms with Crippen LogP contribution in [-0.4, -0.2) is 30.2 Å². The first-order valence-corrected chi connectivity index (χ1v) is 7.66. The molecule has 2 amide bonds. The fourth-order valence-electron chi connectivity index (χ4n) is 2.31. The van der Waals surface area contributed by atoms with Crippen LogP contribution in [0.25, 0.3) is 0 Å². The third-order valence-electron chi connectivity index (χ3n) is 3.29. The molecule has 3 unspecified atom stereocenters. The molecule has 0 bridgehead atoms. The first-order valence-electron chi connectivity index (χ1n) is 7.22. The molecule has 0 aliphatic carbocycles. The van der Waals surface area contributed by atoms with Gasteiger partial charge in [0.05, 0.1) is 5.50 Å². The number of halogens is 4. The van der Waals surface area contributed by atoms with Crippen molar-refractivity contribution in [1.29, 1.82) is 0 Å². The Morgan fingerprint density at radius 3 is 2.67 bits per heavy atom. The molecular weight excluding hydrogens is 349 g/mol. The Bertz CT molecular complexity index is 590. The number of urea groups is 1. The average molecular weight is 367 g/mol. The number of hydrogen-bond donors (Lipinski definition) is 4. The highest BCUT2D eigenvalue weighted by Crippen LogP contribution is 2.28. The van der Waals surface area contributed by atoms with E-state index < -0.39 is 18.7 Å². The summed E-state index contributed by atoms with van der Waals surface area (Å²) < 4.78 is 40.6. The Morgan fingerprint density at radius 1 is 1.38 bits per heavy atom. The summed E-state index contributed by atoms with van der Waals surface area (Å²) >= 11 is 6.01. The Balaban J connectivity index is 1.93. The molecule has 1 aliphatic heterocycles. The normalized spacial score (nSPS) is 24.3. The van der Waals surface area contributed by atoms with Gasteiger partial charge in [-0.05, 0) is 44.0 Å². The lowest BCUT2D eigenvalue weighted by Gasteiger charge is -2.33. The van der Waals surface area contributed by atoms with Crippen LogP contribution in [0.3, 0.4) is 0 Å². The van der Waals surface area contributed by atoms with Crippen molar-refractivity contribution in [2.45, 2.75) is 44.5 Å². The third kappa shape index (κ3) is 5.73. The molecule has 0 saturated carbocycles. The van der Waals surface area contributed by atoms with Gasteiger partial charge in [0, 0.05) is 11.7 Å². The number of carbonyl (C=O) groups excluding carboxylic acids is 1. The summed E-state index contributed by atoms with van der Waals surface area (Å²) in [6.07, 6.45) is -4.56. The van der Waals surface area contributed by atoms with Gasteiger partial charge in [0.1, 0.15) is 12.0 Å². The van der Waals surface area contributed by atoms with E-state index in [1.807, 2.05) is 6.92 Å². The number of anilines is 1. The van der Waals surface area contributed by atoms with E-state index in [-0.39, 0.29) is 22.9 Å². The van der Waals surface area contributed by atoms with Gasteiger partial charge in [0.15, 0.2) is 0 Å². The number of aryl methyl sites for hydroxylation is 1. The van der Waals surface area contributed by atoms with E-state index in [9.17, 15) is 18.0 Å². The minimum absolute atomic E-state index is 0.125. The average Bonchev–Trinajstić information content (AvgIpc) is 2.39. The molecule has 1 aliphatic rings. The van der Waals surface area contributed by atoms with Crippen LogP contribution < -0.4 is 26.0 Å². The number of rotatable bonds is 3. The molecule has 0 radical (unpaired) electrons. The second-order valence-corrected chi connectivity index (χ2v) is 6.02. The summed E-state index contributed by atoms with van der Waals surface area (Å²) in [6.45, 7) is 3.39. The summed E-state index contributed by atoms with van der Waals surface area (Å²) in [5, 5.41) is 11.2. The smallest absolute Gasteiger partial charge is 0.406 e. The zero-order valence-electron chi connectivity index (χ0n) is 13.0. The summed E-state index contributed by atoms with van der Waals surface area (Å²) in [5.41, 5.74) is 0.312. The second-order valence-electron chi connectivity index (χ2n) is 5.50. The zero-order chi connectivity index (χ0) is 17.9. The van der Waals surface area contributed by atoms with Gasteiger partial charge in [-0.25, -0.2) is 4.79 Å². The fraction of sp³-hybridized carbons (Fsp3) is 0.500. The first kappa shape index (κ1) is 18.6. The molecule has 134 valence electrons. The molecule has 1 aromatic rings. The largest absolute Gasteiger partial charge is 0.573 e. The summed E-state index contributed by atoms with van der Waals surface area (Å²) in [4.78, 5) is 12.0. The van der Waals surface area contributed by atoms with Gasteiger partial charge in [0.25, 0.3) is 0 Å². The van der Waals surface area contributed by atoms with Crippen molar-refractivity contribution in [2.75, 3.05) is 5.32 Å². The van der Waals surface area contributed by atoms with Gasteiger partial charge in [0.2, 0.25) is 0 Å². The van der Waals surface area contributed by atoms with Crippen molar-refractivity contribution in [3.05, 3.63) is 23.8 Å². The summed E-state index contributed by atoms with van der Waals surface area (Å²) in [6, 6.07) is 3.45. The van der Waals surface area contributed by atoms with Crippen molar-refractivity contribution in [1.82, 2.24) is 16.0 Å². The predicted octanol–water partition coefficient (Wildman–Crippen LogP) is 2.84. The minimum Gasteiger partial charge on any atom is -0.406 e. The predicted molar refractivity (Wildman–Crippen MR) is 83.8 cm³/mol. The van der Waals surface area contributed by atoms with Crippen LogP contribution in [0.2, 0.25) is 0 Å². The van der Waals surface area contributed by atoms with E-state index >= 15 is 0 Å². The highest BCUT2D eigenvalue weighted by atomic mass is 35.5. The number of ether oxygens (including phenoxy) is 1. The van der Waals surface area contributed by atoms with Gasteiger partial charge >= 0.3 is 12.4 Å². The molecule has 6 nitrogen and oxygen atoms in total. The van der Waals surface area contributed by atoms with Crippen LogP contribution >= 0.6 is 11.6 Å². The maximum Gasteiger partial charge on any atom is 0.573 e. The van der Waals surface area contributed by atoms with Gasteiger partial charge in [-0.1, -0.05) is 0 Å². The van der Waals surface area contributed by atoms with E-state index in [4.69, 9.17) is 11.6 Å². The fourth-order valence-corrected chi connectivity index (χ4v) is 2.70. The van der Waals surface area contributed by atoms with Crippen LogP contribution in [0.1, 0.15) is 18.9 Å². The first-order chi connectivity index (χ1) is 11.1. The van der Waals surface area contributed by atoms with Crippen molar-refractivity contribution in [3.8, 4) is 5.75 Å². The van der Waals surface area contributed by atoms with Crippen LogP contribution in [0.15, 0.2) is 18.2 Å². The number of alkyl halides is 4. The highest BCUT2D eigenvalue weighted by Gasteiger charge is 2.31. The van der Waals surface area contributed by atoms with Crippen LogP contribution in [0.5, 0.6) is 5.75 Å². The summed E-state index contributed by atoms with van der Waals surface area (Å²) in [7, 11) is 0. The molecule has 3 atom stereocenters. The molecule has 2 rings (SSSR count). The van der Waals surface area contributed by atoms with E-state index in [0.717, 1.165) is 6.07 Å². The number of nitrogens with one attached hydrogen (secondary N) is 4. The lowest BCUT2D eigenvalue weighted by Crippen LogP contribution is -2.63.